The van der Waals surface area contributed by atoms with Crippen LogP contribution in [0.15, 0.2) is 22.9 Å². The van der Waals surface area contributed by atoms with E-state index in [0.29, 0.717) is 17.9 Å². The molecule has 0 aromatic carbocycles. The van der Waals surface area contributed by atoms with Crippen LogP contribution in [0.3, 0.4) is 0 Å². The molecule has 0 bridgehead atoms. The maximum absolute atomic E-state index is 10.8. The lowest BCUT2D eigenvalue weighted by Crippen LogP contribution is -2.17. The molecule has 2 heterocycles. The number of hydrogen-bond acceptors (Lipinski definition) is 4. The zero-order chi connectivity index (χ0) is 13.8. The number of rotatable bonds is 6. The molecule has 6 nitrogen and oxygen atoms in total. The molecule has 0 saturated carbocycles. The van der Waals surface area contributed by atoms with E-state index in [1.54, 1.807) is 19.2 Å². The molecule has 0 saturated heterocycles. The lowest BCUT2D eigenvalue weighted by molar-refractivity contribution is 0.0659. The van der Waals surface area contributed by atoms with E-state index in [9.17, 15) is 4.79 Å². The molecule has 2 aromatic heterocycles. The fourth-order valence-electron chi connectivity index (χ4n) is 1.90. The number of furan rings is 1. The first-order valence-corrected chi connectivity index (χ1v) is 6.07. The molecule has 0 radical (unpaired) electrons. The summed E-state index contributed by atoms with van der Waals surface area (Å²) in [4.78, 5) is 15.1. The molecule has 0 amide bonds. The van der Waals surface area contributed by atoms with Crippen LogP contribution in [0.25, 0.3) is 0 Å². The van der Waals surface area contributed by atoms with Crippen molar-refractivity contribution in [1.29, 1.82) is 0 Å². The van der Waals surface area contributed by atoms with Gasteiger partial charge in [-0.1, -0.05) is 0 Å². The van der Waals surface area contributed by atoms with Crippen LogP contribution in [0.2, 0.25) is 0 Å². The highest BCUT2D eigenvalue weighted by molar-refractivity contribution is 5.86. The minimum atomic E-state index is -1.03. The molecule has 0 unspecified atom stereocenters. The van der Waals surface area contributed by atoms with Gasteiger partial charge < -0.3 is 19.4 Å². The van der Waals surface area contributed by atoms with E-state index in [-0.39, 0.29) is 5.76 Å². The monoisotopic (exact) mass is 263 g/mol. The van der Waals surface area contributed by atoms with Crippen molar-refractivity contribution in [3.05, 3.63) is 41.4 Å². The smallest absolute Gasteiger partial charge is 0.372 e. The number of carbonyl (C=O) groups is 1. The summed E-state index contributed by atoms with van der Waals surface area (Å²) in [7, 11) is 1.96. The third-order valence-corrected chi connectivity index (χ3v) is 2.91. The van der Waals surface area contributed by atoms with Gasteiger partial charge in [-0.3, -0.25) is 0 Å². The zero-order valence-corrected chi connectivity index (χ0v) is 11.0. The Labute approximate surface area is 111 Å². The number of aryl methyl sites for hydroxylation is 2. The Hall–Kier alpha value is -2.08. The molecule has 0 atom stereocenters. The normalized spacial score (nSPS) is 10.8. The highest BCUT2D eigenvalue weighted by Crippen LogP contribution is 2.14. The van der Waals surface area contributed by atoms with Gasteiger partial charge in [0.1, 0.15) is 11.6 Å². The largest absolute Gasteiger partial charge is 0.475 e. The van der Waals surface area contributed by atoms with Gasteiger partial charge in [-0.2, -0.15) is 0 Å². The Balaban J connectivity index is 1.81. The number of carboxylic acid groups (broad SMARTS) is 1. The summed E-state index contributed by atoms with van der Waals surface area (Å²) in [5.41, 5.74) is 0.647. The average Bonchev–Trinajstić information content (AvgIpc) is 2.91. The van der Waals surface area contributed by atoms with Crippen LogP contribution < -0.4 is 5.32 Å². The van der Waals surface area contributed by atoms with Gasteiger partial charge in [0.05, 0.1) is 6.54 Å². The summed E-state index contributed by atoms with van der Waals surface area (Å²) >= 11 is 0. The lowest BCUT2D eigenvalue weighted by atomic mass is 10.2. The van der Waals surface area contributed by atoms with E-state index in [4.69, 9.17) is 9.52 Å². The van der Waals surface area contributed by atoms with Gasteiger partial charge in [-0.15, -0.1) is 0 Å². The average molecular weight is 263 g/mol. The van der Waals surface area contributed by atoms with Gasteiger partial charge in [0.15, 0.2) is 0 Å². The molecule has 0 aliphatic carbocycles. The maximum Gasteiger partial charge on any atom is 0.372 e. The topological polar surface area (TPSA) is 80.3 Å². The summed E-state index contributed by atoms with van der Waals surface area (Å²) in [6, 6.07) is 1.75. The molecule has 19 heavy (non-hydrogen) atoms. The Morgan fingerprint density at radius 3 is 2.95 bits per heavy atom. The highest BCUT2D eigenvalue weighted by Gasteiger charge is 2.13. The van der Waals surface area contributed by atoms with Crippen molar-refractivity contribution in [2.75, 3.05) is 6.54 Å². The predicted octanol–water partition coefficient (Wildman–Crippen LogP) is 1.35. The number of carboxylic acids is 1. The third kappa shape index (κ3) is 3.23. The van der Waals surface area contributed by atoms with Crippen LogP contribution in [0.5, 0.6) is 0 Å². The molecule has 0 fully saturated rings. The number of imidazole rings is 1. The summed E-state index contributed by atoms with van der Waals surface area (Å²) < 4.78 is 7.23. The number of aromatic carboxylic acids is 1. The Bertz CT molecular complexity index is 571. The van der Waals surface area contributed by atoms with Gasteiger partial charge in [0.25, 0.3) is 0 Å². The van der Waals surface area contributed by atoms with Crippen molar-refractivity contribution >= 4 is 5.97 Å². The summed E-state index contributed by atoms with van der Waals surface area (Å²) in [6.45, 7) is 3.00. The minimum Gasteiger partial charge on any atom is -0.475 e. The van der Waals surface area contributed by atoms with E-state index >= 15 is 0 Å². The third-order valence-electron chi connectivity index (χ3n) is 2.91. The first-order chi connectivity index (χ1) is 9.08. The Morgan fingerprint density at radius 1 is 1.58 bits per heavy atom. The van der Waals surface area contributed by atoms with Gasteiger partial charge in [0.2, 0.25) is 5.76 Å². The van der Waals surface area contributed by atoms with Crippen molar-refractivity contribution in [2.45, 2.75) is 19.9 Å². The van der Waals surface area contributed by atoms with Gasteiger partial charge in [0, 0.05) is 38.0 Å². The van der Waals surface area contributed by atoms with E-state index < -0.39 is 5.97 Å². The molecule has 102 valence electrons. The summed E-state index contributed by atoms with van der Waals surface area (Å²) in [5.74, 6) is 0.627. The molecule has 2 aromatic rings. The highest BCUT2D eigenvalue weighted by atomic mass is 16.4. The molecule has 2 N–H and O–H groups in total. The standard InChI is InChI=1S/C13H17N3O3/c1-9-7-10(19-12(9)13(17)18)8-14-4-3-11-15-5-6-16(11)2/h5-7,14H,3-4,8H2,1-2H3,(H,17,18). The van der Waals surface area contributed by atoms with E-state index in [0.717, 1.165) is 18.8 Å². The molecule has 2 rings (SSSR count). The maximum atomic E-state index is 10.8. The molecular formula is C13H17N3O3. The van der Waals surface area contributed by atoms with E-state index in [1.807, 2.05) is 17.8 Å². The minimum absolute atomic E-state index is 0.0147. The molecular weight excluding hydrogens is 246 g/mol. The SMILES string of the molecule is Cc1cc(CNCCc2nccn2C)oc1C(=O)O. The zero-order valence-electron chi connectivity index (χ0n) is 11.0. The Kier molecular flexibility index (Phi) is 4.01. The number of nitrogens with one attached hydrogen (secondary N) is 1. The van der Waals surface area contributed by atoms with Crippen molar-refractivity contribution in [1.82, 2.24) is 14.9 Å². The van der Waals surface area contributed by atoms with Gasteiger partial charge >= 0.3 is 5.97 Å². The van der Waals surface area contributed by atoms with E-state index in [2.05, 4.69) is 10.3 Å². The first kappa shape index (κ1) is 13.4. The second-order valence-electron chi connectivity index (χ2n) is 4.41. The quantitative estimate of drug-likeness (QED) is 0.769. The van der Waals surface area contributed by atoms with Gasteiger partial charge in [-0.05, 0) is 13.0 Å². The van der Waals surface area contributed by atoms with E-state index in [1.165, 1.54) is 0 Å². The van der Waals surface area contributed by atoms with Crippen LogP contribution >= 0.6 is 0 Å². The fraction of sp³-hybridized carbons (Fsp3) is 0.385. The van der Waals surface area contributed by atoms with Crippen molar-refractivity contribution in [3.63, 3.8) is 0 Å². The number of nitrogens with zero attached hydrogens (tertiary/aromatic N) is 2. The number of aromatic nitrogens is 2. The summed E-state index contributed by atoms with van der Waals surface area (Å²) in [5, 5.41) is 12.1. The second-order valence-corrected chi connectivity index (χ2v) is 4.41. The molecule has 6 heteroatoms. The van der Waals surface area contributed by atoms with Crippen LogP contribution in [-0.4, -0.2) is 27.2 Å². The fourth-order valence-corrected chi connectivity index (χ4v) is 1.90. The number of hydrogen-bond donors (Lipinski definition) is 2. The Morgan fingerprint density at radius 2 is 2.37 bits per heavy atom. The molecule has 0 aliphatic heterocycles. The second kappa shape index (κ2) is 5.71. The van der Waals surface area contributed by atoms with Crippen LogP contribution in [0.4, 0.5) is 0 Å². The summed E-state index contributed by atoms with van der Waals surface area (Å²) in [6.07, 6.45) is 4.49. The predicted molar refractivity (Wildman–Crippen MR) is 69.0 cm³/mol. The van der Waals surface area contributed by atoms with Crippen molar-refractivity contribution in [2.24, 2.45) is 7.05 Å². The van der Waals surface area contributed by atoms with Crippen molar-refractivity contribution in [3.8, 4) is 0 Å². The van der Waals surface area contributed by atoms with Crippen LogP contribution in [-0.2, 0) is 20.0 Å². The van der Waals surface area contributed by atoms with Crippen LogP contribution in [0, 0.1) is 6.92 Å². The van der Waals surface area contributed by atoms with Crippen molar-refractivity contribution < 1.29 is 14.3 Å². The first-order valence-electron chi connectivity index (χ1n) is 6.07. The van der Waals surface area contributed by atoms with Gasteiger partial charge in [-0.25, -0.2) is 9.78 Å². The lowest BCUT2D eigenvalue weighted by Gasteiger charge is -2.03. The van der Waals surface area contributed by atoms with Crippen LogP contribution in [0.1, 0.15) is 27.7 Å². The molecule has 0 spiro atoms. The molecule has 0 aliphatic rings.